The van der Waals surface area contributed by atoms with E-state index >= 15 is 0 Å². The first-order chi connectivity index (χ1) is 10.5. The summed E-state index contributed by atoms with van der Waals surface area (Å²) in [6, 6.07) is -0.906. The molecule has 0 aliphatic heterocycles. The highest BCUT2D eigenvalue weighted by atomic mass is 32.1. The van der Waals surface area contributed by atoms with Gasteiger partial charge in [-0.1, -0.05) is 12.8 Å². The molecule has 0 aliphatic carbocycles. The highest BCUT2D eigenvalue weighted by molar-refractivity contribution is 7.80. The van der Waals surface area contributed by atoms with Crippen LogP contribution in [0.2, 0.25) is 0 Å². The van der Waals surface area contributed by atoms with Gasteiger partial charge >= 0.3 is 0 Å². The fourth-order valence-electron chi connectivity index (χ4n) is 1.89. The third-order valence-corrected chi connectivity index (χ3v) is 3.28. The average Bonchev–Trinajstić information content (AvgIpc) is 2.43. The van der Waals surface area contributed by atoms with Crippen LogP contribution in [0.3, 0.4) is 0 Å². The van der Waals surface area contributed by atoms with Crippen molar-refractivity contribution in [1.29, 1.82) is 0 Å². The Hall–Kier alpha value is -1.28. The fraction of sp³-hybridized carbons (Fsp3) is 0.786. The minimum absolute atomic E-state index is 0.204. The van der Waals surface area contributed by atoms with Crippen LogP contribution in [0.4, 0.5) is 0 Å². The molecule has 0 rings (SSSR count). The molecule has 0 heterocycles. The van der Waals surface area contributed by atoms with Gasteiger partial charge in [0.1, 0.15) is 6.04 Å². The molecular formula is C14H28N4O3S. The van der Waals surface area contributed by atoms with E-state index in [1.165, 1.54) is 19.8 Å². The van der Waals surface area contributed by atoms with Crippen molar-refractivity contribution < 1.29 is 14.4 Å². The first-order valence-corrected chi connectivity index (χ1v) is 8.25. The van der Waals surface area contributed by atoms with Crippen molar-refractivity contribution in [1.82, 2.24) is 16.0 Å². The van der Waals surface area contributed by atoms with Gasteiger partial charge in [-0.05, 0) is 25.1 Å². The van der Waals surface area contributed by atoms with Crippen LogP contribution in [0, 0.1) is 0 Å². The molecule has 0 aliphatic rings. The summed E-state index contributed by atoms with van der Waals surface area (Å²) >= 11 is 4.16. The summed E-state index contributed by atoms with van der Waals surface area (Å²) in [7, 11) is 0. The van der Waals surface area contributed by atoms with Gasteiger partial charge in [-0.15, -0.1) is 0 Å². The number of hydrogen-bond acceptors (Lipinski definition) is 5. The molecule has 5 N–H and O–H groups in total. The van der Waals surface area contributed by atoms with Gasteiger partial charge in [0.05, 0.1) is 6.42 Å². The number of amides is 3. The van der Waals surface area contributed by atoms with Crippen LogP contribution in [0.15, 0.2) is 0 Å². The highest BCUT2D eigenvalue weighted by Gasteiger charge is 2.20. The zero-order valence-electron chi connectivity index (χ0n) is 13.2. The molecule has 0 bridgehead atoms. The molecule has 0 spiro atoms. The summed E-state index contributed by atoms with van der Waals surface area (Å²) < 4.78 is 0. The molecule has 0 aromatic rings. The summed E-state index contributed by atoms with van der Waals surface area (Å²) in [5, 5.41) is 8.31. The average molecular weight is 332 g/mol. The first-order valence-electron chi connectivity index (χ1n) is 7.62. The van der Waals surface area contributed by atoms with Crippen molar-refractivity contribution >= 4 is 30.4 Å². The van der Waals surface area contributed by atoms with Crippen LogP contribution in [-0.4, -0.2) is 49.2 Å². The SMILES string of the molecule is CC(=O)NC(CC(N)=O)C(=O)NCCNCCCCCCS. The van der Waals surface area contributed by atoms with Crippen molar-refractivity contribution in [2.75, 3.05) is 25.4 Å². The standard InChI is InChI=1S/C14H28N4O3S/c1-11(19)18-12(10-13(15)20)14(21)17-8-7-16-6-4-2-3-5-9-22/h12,16,22H,2-10H2,1H3,(H2,15,20)(H,17,21)(H,18,19). The number of nitrogens with one attached hydrogen (secondary N) is 3. The van der Waals surface area contributed by atoms with Gasteiger partial charge in [0.2, 0.25) is 17.7 Å². The Kier molecular flexibility index (Phi) is 12.6. The van der Waals surface area contributed by atoms with E-state index in [9.17, 15) is 14.4 Å². The number of hydrogen-bond donors (Lipinski definition) is 5. The van der Waals surface area contributed by atoms with E-state index in [4.69, 9.17) is 5.73 Å². The maximum absolute atomic E-state index is 11.9. The second kappa shape index (κ2) is 13.4. The monoisotopic (exact) mass is 332 g/mol. The summed E-state index contributed by atoms with van der Waals surface area (Å²) in [5.41, 5.74) is 5.06. The van der Waals surface area contributed by atoms with E-state index in [1.807, 2.05) is 0 Å². The molecule has 0 radical (unpaired) electrons. The zero-order chi connectivity index (χ0) is 16.8. The molecule has 22 heavy (non-hydrogen) atoms. The minimum Gasteiger partial charge on any atom is -0.370 e. The Labute approximate surface area is 137 Å². The van der Waals surface area contributed by atoms with Crippen molar-refractivity contribution in [2.45, 2.75) is 45.1 Å². The maximum Gasteiger partial charge on any atom is 0.243 e. The van der Waals surface area contributed by atoms with Crippen LogP contribution in [0.25, 0.3) is 0 Å². The lowest BCUT2D eigenvalue weighted by Gasteiger charge is -2.16. The third kappa shape index (κ3) is 12.5. The lowest BCUT2D eigenvalue weighted by Crippen LogP contribution is -2.49. The Bertz CT molecular complexity index is 337. The minimum atomic E-state index is -0.906. The molecule has 0 aromatic heterocycles. The number of carbonyl (C=O) groups excluding carboxylic acids is 3. The number of nitrogens with two attached hydrogens (primary N) is 1. The largest absolute Gasteiger partial charge is 0.370 e. The molecule has 0 saturated carbocycles. The third-order valence-electron chi connectivity index (χ3n) is 2.96. The summed E-state index contributed by atoms with van der Waals surface area (Å²) in [6.45, 7) is 3.27. The van der Waals surface area contributed by atoms with E-state index in [0.29, 0.717) is 13.1 Å². The molecule has 0 aromatic carbocycles. The Balaban J connectivity index is 3.75. The lowest BCUT2D eigenvalue weighted by molar-refractivity contribution is -0.130. The lowest BCUT2D eigenvalue weighted by atomic mass is 10.2. The van der Waals surface area contributed by atoms with Crippen LogP contribution < -0.4 is 21.7 Å². The first kappa shape index (κ1) is 20.7. The Morgan fingerprint density at radius 3 is 2.32 bits per heavy atom. The van der Waals surface area contributed by atoms with Crippen molar-refractivity contribution in [3.63, 3.8) is 0 Å². The normalized spacial score (nSPS) is 11.7. The van der Waals surface area contributed by atoms with E-state index in [0.717, 1.165) is 25.1 Å². The molecule has 3 amide bonds. The maximum atomic E-state index is 11.9. The molecule has 128 valence electrons. The molecular weight excluding hydrogens is 304 g/mol. The van der Waals surface area contributed by atoms with E-state index in [2.05, 4.69) is 28.6 Å². The summed E-state index contributed by atoms with van der Waals surface area (Å²) in [5.74, 6) is -0.473. The smallest absolute Gasteiger partial charge is 0.243 e. The molecule has 0 saturated heterocycles. The second-order valence-electron chi connectivity index (χ2n) is 5.10. The van der Waals surface area contributed by atoms with E-state index in [1.54, 1.807) is 0 Å². The van der Waals surface area contributed by atoms with Gasteiger partial charge in [0.15, 0.2) is 0 Å². The fourth-order valence-corrected chi connectivity index (χ4v) is 2.12. The van der Waals surface area contributed by atoms with Crippen LogP contribution in [0.5, 0.6) is 0 Å². The number of thiol groups is 1. The number of rotatable bonds is 13. The zero-order valence-corrected chi connectivity index (χ0v) is 14.1. The summed E-state index contributed by atoms with van der Waals surface area (Å²) in [6.07, 6.45) is 4.39. The van der Waals surface area contributed by atoms with E-state index in [-0.39, 0.29) is 12.3 Å². The summed E-state index contributed by atoms with van der Waals surface area (Å²) in [4.78, 5) is 33.7. The number of unbranched alkanes of at least 4 members (excludes halogenated alkanes) is 3. The molecule has 0 fully saturated rings. The number of primary amides is 1. The van der Waals surface area contributed by atoms with Crippen LogP contribution in [0.1, 0.15) is 39.0 Å². The molecule has 1 atom stereocenters. The van der Waals surface area contributed by atoms with Gasteiger partial charge in [0, 0.05) is 20.0 Å². The quantitative estimate of drug-likeness (QED) is 0.232. The van der Waals surface area contributed by atoms with Crippen molar-refractivity contribution in [3.8, 4) is 0 Å². The Morgan fingerprint density at radius 1 is 1.05 bits per heavy atom. The molecule has 8 heteroatoms. The van der Waals surface area contributed by atoms with Gasteiger partial charge < -0.3 is 21.7 Å². The molecule has 7 nitrogen and oxygen atoms in total. The predicted octanol–water partition coefficient (Wildman–Crippen LogP) is -0.437. The Morgan fingerprint density at radius 2 is 1.73 bits per heavy atom. The van der Waals surface area contributed by atoms with Gasteiger partial charge in [0.25, 0.3) is 0 Å². The van der Waals surface area contributed by atoms with Gasteiger partial charge in [-0.25, -0.2) is 0 Å². The highest BCUT2D eigenvalue weighted by Crippen LogP contribution is 1.99. The van der Waals surface area contributed by atoms with Crippen molar-refractivity contribution in [3.05, 3.63) is 0 Å². The van der Waals surface area contributed by atoms with Gasteiger partial charge in [-0.3, -0.25) is 14.4 Å². The molecule has 1 unspecified atom stereocenters. The van der Waals surface area contributed by atoms with E-state index < -0.39 is 17.9 Å². The predicted molar refractivity (Wildman–Crippen MR) is 89.6 cm³/mol. The van der Waals surface area contributed by atoms with Gasteiger partial charge in [-0.2, -0.15) is 12.6 Å². The number of carbonyl (C=O) groups is 3. The van der Waals surface area contributed by atoms with Crippen LogP contribution >= 0.6 is 12.6 Å². The van der Waals surface area contributed by atoms with Crippen molar-refractivity contribution in [2.24, 2.45) is 5.73 Å². The topological polar surface area (TPSA) is 113 Å². The second-order valence-corrected chi connectivity index (χ2v) is 5.55. The van der Waals surface area contributed by atoms with Crippen LogP contribution in [-0.2, 0) is 14.4 Å².